The lowest BCUT2D eigenvalue weighted by Gasteiger charge is -2.40. The molecule has 222 valence electrons. The van der Waals surface area contributed by atoms with Crippen molar-refractivity contribution in [3.63, 3.8) is 0 Å². The topological polar surface area (TPSA) is 32.8 Å². The van der Waals surface area contributed by atoms with Gasteiger partial charge in [-0.05, 0) is 61.4 Å². The highest BCUT2D eigenvalue weighted by Gasteiger charge is 2.48. The molecule has 3 aliphatic rings. The second-order valence-electron chi connectivity index (χ2n) is 11.4. The fourth-order valence-corrected chi connectivity index (χ4v) is 5.71. The molecule has 1 unspecified atom stereocenters. The third-order valence-electron chi connectivity index (χ3n) is 7.72. The van der Waals surface area contributed by atoms with Crippen molar-refractivity contribution in [2.45, 2.75) is 77.3 Å². The maximum atomic E-state index is 13.6. The summed E-state index contributed by atoms with van der Waals surface area (Å²) < 4.78 is 127. The van der Waals surface area contributed by atoms with Crippen molar-refractivity contribution in [2.75, 3.05) is 18.0 Å². The van der Waals surface area contributed by atoms with Gasteiger partial charge in [0.1, 0.15) is 6.10 Å². The summed E-state index contributed by atoms with van der Waals surface area (Å²) in [5, 5.41) is 0. The van der Waals surface area contributed by atoms with Crippen LogP contribution in [0.4, 0.5) is 50.0 Å². The number of nitrogens with zero attached hydrogens (tertiary/aromatic N) is 2. The van der Waals surface area contributed by atoms with Crippen LogP contribution in [-0.2, 0) is 17.5 Å². The van der Waals surface area contributed by atoms with Crippen LogP contribution in [0.3, 0.4) is 0 Å². The zero-order valence-electron chi connectivity index (χ0n) is 22.0. The first-order valence-electron chi connectivity index (χ1n) is 12.8. The van der Waals surface area contributed by atoms with Gasteiger partial charge in [0.25, 0.3) is 0 Å². The smallest absolute Gasteiger partial charge is 0.416 e. The number of rotatable bonds is 4. The molecule has 0 saturated carbocycles. The summed E-state index contributed by atoms with van der Waals surface area (Å²) in [4.78, 5) is 15.9. The number of hydrogen-bond acceptors (Lipinski definition) is 3. The van der Waals surface area contributed by atoms with Crippen molar-refractivity contribution in [3.8, 4) is 0 Å². The van der Waals surface area contributed by atoms with E-state index in [2.05, 4.69) is 0 Å². The molecule has 0 bridgehead atoms. The van der Waals surface area contributed by atoms with Crippen LogP contribution in [0.1, 0.15) is 51.2 Å². The Morgan fingerprint density at radius 1 is 1.00 bits per heavy atom. The van der Waals surface area contributed by atoms with Gasteiger partial charge in [-0.2, -0.15) is 39.5 Å². The summed E-state index contributed by atoms with van der Waals surface area (Å²) in [5.74, 6) is -1.44. The maximum absolute atomic E-state index is 13.6. The Labute approximate surface area is 225 Å². The van der Waals surface area contributed by atoms with Gasteiger partial charge in [0.2, 0.25) is 0 Å². The van der Waals surface area contributed by atoms with Crippen LogP contribution in [0.5, 0.6) is 0 Å². The fourth-order valence-electron chi connectivity index (χ4n) is 5.71. The molecule has 2 heterocycles. The van der Waals surface area contributed by atoms with E-state index in [1.165, 1.54) is 13.0 Å². The molecule has 0 N–H and O–H groups in total. The minimum atomic E-state index is -5.06. The SMILES string of the molecule is C[C@H]1[C@@H](C2C=C(C(F)(F)F)C=C(C(F)(F)F)C2)OC(=O)N1Cc1cc(C(F)(F)F)ccc1N1CCCC(C)(C)C1. The number of allylic oxidation sites excluding steroid dienone is 3. The summed E-state index contributed by atoms with van der Waals surface area (Å²) in [6.45, 7) is 6.22. The van der Waals surface area contributed by atoms with Crippen LogP contribution in [0.15, 0.2) is 41.5 Å². The Bertz CT molecular complexity index is 1200. The molecule has 0 aromatic heterocycles. The number of cyclic esters (lactones) is 1. The molecule has 13 heteroatoms. The molecule has 2 aliphatic heterocycles. The molecular weight excluding hydrogens is 555 g/mol. The summed E-state index contributed by atoms with van der Waals surface area (Å²) in [6.07, 6.45) is -15.6. The number of anilines is 1. The molecule has 1 aromatic rings. The van der Waals surface area contributed by atoms with Gasteiger partial charge in [0.15, 0.2) is 0 Å². The van der Waals surface area contributed by atoms with E-state index in [4.69, 9.17) is 4.74 Å². The zero-order chi connectivity index (χ0) is 29.8. The third kappa shape index (κ3) is 6.38. The predicted octanol–water partition coefficient (Wildman–Crippen LogP) is 8.04. The van der Waals surface area contributed by atoms with Crippen LogP contribution in [0, 0.1) is 11.3 Å². The highest BCUT2D eigenvalue weighted by atomic mass is 19.4. The van der Waals surface area contributed by atoms with Gasteiger partial charge in [0.05, 0.1) is 23.7 Å². The maximum Gasteiger partial charge on any atom is 0.416 e. The molecular formula is C27H29F9N2O2. The molecule has 1 aromatic carbocycles. The van der Waals surface area contributed by atoms with Gasteiger partial charge >= 0.3 is 24.6 Å². The van der Waals surface area contributed by atoms with Gasteiger partial charge < -0.3 is 9.64 Å². The fraction of sp³-hybridized carbons (Fsp3) is 0.593. The first-order valence-corrected chi connectivity index (χ1v) is 12.8. The predicted molar refractivity (Wildman–Crippen MR) is 128 cm³/mol. The van der Waals surface area contributed by atoms with E-state index >= 15 is 0 Å². The van der Waals surface area contributed by atoms with Gasteiger partial charge in [-0.25, -0.2) is 4.79 Å². The van der Waals surface area contributed by atoms with E-state index < -0.39 is 65.8 Å². The molecule has 2 saturated heterocycles. The van der Waals surface area contributed by atoms with E-state index in [0.29, 0.717) is 24.9 Å². The highest BCUT2D eigenvalue weighted by molar-refractivity contribution is 5.71. The van der Waals surface area contributed by atoms with Gasteiger partial charge in [-0.15, -0.1) is 0 Å². The molecule has 1 aliphatic carbocycles. The summed E-state index contributed by atoms with van der Waals surface area (Å²) >= 11 is 0. The van der Waals surface area contributed by atoms with Gasteiger partial charge in [-0.1, -0.05) is 19.9 Å². The molecule has 4 nitrogen and oxygen atoms in total. The quantitative estimate of drug-likeness (QED) is 0.336. The van der Waals surface area contributed by atoms with Crippen LogP contribution in [0.2, 0.25) is 0 Å². The Morgan fingerprint density at radius 2 is 1.68 bits per heavy atom. The summed E-state index contributed by atoms with van der Waals surface area (Å²) in [6, 6.07) is 2.20. The van der Waals surface area contributed by atoms with Crippen LogP contribution >= 0.6 is 0 Å². The van der Waals surface area contributed by atoms with Gasteiger partial charge in [0, 0.05) is 30.3 Å². The molecule has 40 heavy (non-hydrogen) atoms. The van der Waals surface area contributed by atoms with Crippen molar-refractivity contribution < 1.29 is 49.0 Å². The number of piperidine rings is 1. The molecule has 4 rings (SSSR count). The number of benzene rings is 1. The number of carbonyl (C=O) groups excluding carboxylic acids is 1. The van der Waals surface area contributed by atoms with E-state index in [0.717, 1.165) is 29.9 Å². The first-order chi connectivity index (χ1) is 18.3. The Kier molecular flexibility index (Phi) is 7.68. The number of hydrogen-bond donors (Lipinski definition) is 0. The summed E-state index contributed by atoms with van der Waals surface area (Å²) in [7, 11) is 0. The number of ether oxygens (including phenoxy) is 1. The Morgan fingerprint density at radius 3 is 2.25 bits per heavy atom. The second-order valence-corrected chi connectivity index (χ2v) is 11.4. The normalized spacial score (nSPS) is 26.0. The Balaban J connectivity index is 1.65. The second kappa shape index (κ2) is 10.2. The monoisotopic (exact) mass is 584 g/mol. The van der Waals surface area contributed by atoms with Crippen LogP contribution in [0.25, 0.3) is 0 Å². The van der Waals surface area contributed by atoms with E-state index in [1.54, 1.807) is 0 Å². The number of halogens is 9. The molecule has 0 spiro atoms. The van der Waals surface area contributed by atoms with Gasteiger partial charge in [-0.3, -0.25) is 4.90 Å². The van der Waals surface area contributed by atoms with Crippen molar-refractivity contribution >= 4 is 11.8 Å². The first kappa shape index (κ1) is 30.1. The van der Waals surface area contributed by atoms with Crippen LogP contribution < -0.4 is 4.90 Å². The van der Waals surface area contributed by atoms with Crippen molar-refractivity contribution in [2.24, 2.45) is 11.3 Å². The minimum Gasteiger partial charge on any atom is -0.443 e. The third-order valence-corrected chi connectivity index (χ3v) is 7.72. The molecule has 2 fully saturated rings. The van der Waals surface area contributed by atoms with Crippen molar-refractivity contribution in [1.82, 2.24) is 4.90 Å². The average Bonchev–Trinajstić information content (AvgIpc) is 3.10. The number of amides is 1. The largest absolute Gasteiger partial charge is 0.443 e. The molecule has 1 amide bonds. The Hall–Kier alpha value is -2.86. The lowest BCUT2D eigenvalue weighted by Crippen LogP contribution is -2.41. The minimum absolute atomic E-state index is 0.0464. The number of carbonyl (C=O) groups is 1. The standard InChI is InChI=1S/C27H29F9N2O2/c1-15-22(16-9-19(26(31,32)33)12-20(10-16)27(34,35)36)40-23(39)38(15)13-17-11-18(25(28,29)30)5-6-21(17)37-8-4-7-24(2,3)14-37/h5-6,9,11-12,15-16,22H,4,7-8,10,13-14H2,1-3H3/t15-,16?,22-/m0/s1. The van der Waals surface area contributed by atoms with Crippen LogP contribution in [-0.4, -0.2) is 48.6 Å². The molecule has 3 atom stereocenters. The van der Waals surface area contributed by atoms with E-state index in [9.17, 15) is 44.3 Å². The summed E-state index contributed by atoms with van der Waals surface area (Å²) in [5.41, 5.74) is -3.32. The number of alkyl halides is 9. The average molecular weight is 585 g/mol. The lowest BCUT2D eigenvalue weighted by atomic mass is 9.83. The highest BCUT2D eigenvalue weighted by Crippen LogP contribution is 2.44. The van der Waals surface area contributed by atoms with Crippen molar-refractivity contribution in [3.05, 3.63) is 52.6 Å². The molecule has 0 radical (unpaired) electrons. The van der Waals surface area contributed by atoms with Crippen molar-refractivity contribution in [1.29, 1.82) is 0 Å². The zero-order valence-corrected chi connectivity index (χ0v) is 22.0. The lowest BCUT2D eigenvalue weighted by molar-refractivity contribution is -0.137. The van der Waals surface area contributed by atoms with E-state index in [1.807, 2.05) is 18.7 Å². The van der Waals surface area contributed by atoms with E-state index in [-0.39, 0.29) is 23.6 Å².